The Hall–Kier alpha value is -1.52. The van der Waals surface area contributed by atoms with Gasteiger partial charge in [0.15, 0.2) is 17.9 Å². The van der Waals surface area contributed by atoms with Gasteiger partial charge >= 0.3 is 12.5 Å². The summed E-state index contributed by atoms with van der Waals surface area (Å²) in [5.41, 5.74) is 0.546. The third-order valence-corrected chi connectivity index (χ3v) is 11.0. The Balaban J connectivity index is 0.997. The van der Waals surface area contributed by atoms with Gasteiger partial charge in [0.05, 0.1) is 25.2 Å². The summed E-state index contributed by atoms with van der Waals surface area (Å²) in [7, 11) is 0. The van der Waals surface area contributed by atoms with Crippen LogP contribution in [0.2, 0.25) is 0 Å². The molecule has 10 heteroatoms. The molecule has 1 aliphatic heterocycles. The van der Waals surface area contributed by atoms with Gasteiger partial charge in [0.25, 0.3) is 0 Å². The van der Waals surface area contributed by atoms with Crippen LogP contribution in [0, 0.1) is 35.4 Å². The van der Waals surface area contributed by atoms with E-state index < -0.39 is 36.1 Å². The molecule has 0 aromatic heterocycles. The van der Waals surface area contributed by atoms with Gasteiger partial charge in [0.2, 0.25) is 0 Å². The van der Waals surface area contributed by atoms with E-state index >= 15 is 8.78 Å². The Morgan fingerprint density at radius 1 is 0.756 bits per heavy atom. The summed E-state index contributed by atoms with van der Waals surface area (Å²) in [4.78, 5) is 0. The van der Waals surface area contributed by atoms with E-state index in [9.17, 15) is 17.6 Å². The van der Waals surface area contributed by atoms with Gasteiger partial charge in [0.1, 0.15) is 0 Å². The van der Waals surface area contributed by atoms with Crippen LogP contribution in [0.1, 0.15) is 121 Å². The maximum Gasteiger partial charge on any atom is 0.573 e. The lowest BCUT2D eigenvalue weighted by Crippen LogP contribution is -2.41. The van der Waals surface area contributed by atoms with Crippen LogP contribution in [-0.4, -0.2) is 38.1 Å². The first-order chi connectivity index (χ1) is 21.5. The van der Waals surface area contributed by atoms with E-state index in [4.69, 9.17) is 14.2 Å². The second-order valence-corrected chi connectivity index (χ2v) is 14.1. The van der Waals surface area contributed by atoms with Gasteiger partial charge in [-0.15, -0.1) is 13.2 Å². The fraction of sp³-hybridized carbons (Fsp3) is 0.829. The van der Waals surface area contributed by atoms with Crippen LogP contribution < -0.4 is 4.74 Å². The average Bonchev–Trinajstić information content (AvgIpc) is 3.02. The molecule has 0 atom stereocenters. The van der Waals surface area contributed by atoms with Gasteiger partial charge in [0, 0.05) is 11.8 Å². The Morgan fingerprint density at radius 2 is 1.36 bits per heavy atom. The molecule has 0 spiro atoms. The number of alkyl halides is 5. The second kappa shape index (κ2) is 15.6. The molecule has 1 aromatic rings. The maximum atomic E-state index is 15.3. The lowest BCUT2D eigenvalue weighted by Gasteiger charge is -2.42. The van der Waals surface area contributed by atoms with Gasteiger partial charge in [-0.05, 0) is 119 Å². The van der Waals surface area contributed by atoms with Crippen molar-refractivity contribution >= 4 is 0 Å². The standard InChI is InChI=1S/C35H50F6O4/c1-2-3-4-5-23-21-42-33(43-22-23)27-8-6-24(7-9-27)25-10-15-29(16-11-25)34(37,38)44-30-17-12-26(13-18-30)28-14-19-32(31(36)20-28)45-35(39,40)41/h14,19-20,23-27,29-30,33H,2-13,15-18,21-22H2,1H3. The minimum atomic E-state index is -4.97. The molecule has 3 saturated carbocycles. The monoisotopic (exact) mass is 648 g/mol. The van der Waals surface area contributed by atoms with Gasteiger partial charge in [-0.2, -0.15) is 8.78 Å². The van der Waals surface area contributed by atoms with Crippen molar-refractivity contribution in [3.05, 3.63) is 29.6 Å². The largest absolute Gasteiger partial charge is 0.573 e. The summed E-state index contributed by atoms with van der Waals surface area (Å²) < 4.78 is 103. The van der Waals surface area contributed by atoms with Crippen LogP contribution >= 0.6 is 0 Å². The second-order valence-electron chi connectivity index (χ2n) is 14.1. The molecule has 3 aliphatic carbocycles. The van der Waals surface area contributed by atoms with Crippen LogP contribution in [0.3, 0.4) is 0 Å². The Bertz CT molecular complexity index is 1040. The van der Waals surface area contributed by atoms with Gasteiger partial charge in [-0.3, -0.25) is 0 Å². The van der Waals surface area contributed by atoms with Crippen molar-refractivity contribution in [3.8, 4) is 5.75 Å². The van der Waals surface area contributed by atoms with Crippen LogP contribution in [0.15, 0.2) is 18.2 Å². The third-order valence-electron chi connectivity index (χ3n) is 11.0. The normalized spacial score (nSPS) is 33.6. The van der Waals surface area contributed by atoms with E-state index in [1.165, 1.54) is 31.7 Å². The van der Waals surface area contributed by atoms with Crippen molar-refractivity contribution in [2.24, 2.45) is 29.6 Å². The maximum absolute atomic E-state index is 15.3. The summed E-state index contributed by atoms with van der Waals surface area (Å²) >= 11 is 0. The smallest absolute Gasteiger partial charge is 0.403 e. The highest BCUT2D eigenvalue weighted by Crippen LogP contribution is 2.47. The van der Waals surface area contributed by atoms with E-state index in [0.717, 1.165) is 63.9 Å². The van der Waals surface area contributed by atoms with Crippen LogP contribution in [0.5, 0.6) is 5.75 Å². The summed E-state index contributed by atoms with van der Waals surface area (Å²) in [6.45, 7) is 3.82. The minimum absolute atomic E-state index is 0.0883. The molecule has 256 valence electrons. The number of unbranched alkanes of at least 4 members (excludes halogenated alkanes) is 2. The Labute approximate surface area is 263 Å². The summed E-state index contributed by atoms with van der Waals surface area (Å²) in [5.74, 6) is -0.858. The van der Waals surface area contributed by atoms with Crippen molar-refractivity contribution in [2.75, 3.05) is 13.2 Å². The van der Waals surface area contributed by atoms with Crippen molar-refractivity contribution in [2.45, 2.75) is 140 Å². The van der Waals surface area contributed by atoms with Crippen LogP contribution in [0.4, 0.5) is 26.3 Å². The molecule has 4 nitrogen and oxygen atoms in total. The topological polar surface area (TPSA) is 36.9 Å². The number of rotatable bonds is 11. The molecule has 1 saturated heterocycles. The first-order valence-electron chi connectivity index (χ1n) is 17.3. The number of hydrogen-bond donors (Lipinski definition) is 0. The highest BCUT2D eigenvalue weighted by atomic mass is 19.4. The predicted molar refractivity (Wildman–Crippen MR) is 158 cm³/mol. The molecule has 1 heterocycles. The SMILES string of the molecule is CCCCCC1COC(C2CCC(C3CCC(C(F)(F)OC4CCC(c5ccc(OC(F)(F)F)c(F)c5)CC4)CC3)CC2)OC1. The van der Waals surface area contributed by atoms with E-state index in [1.807, 2.05) is 0 Å². The van der Waals surface area contributed by atoms with Crippen molar-refractivity contribution in [3.63, 3.8) is 0 Å². The van der Waals surface area contributed by atoms with Crippen molar-refractivity contribution in [1.82, 2.24) is 0 Å². The molecule has 45 heavy (non-hydrogen) atoms. The molecule has 0 bridgehead atoms. The molecular formula is C35H50F6O4. The zero-order valence-corrected chi connectivity index (χ0v) is 26.5. The summed E-state index contributed by atoms with van der Waals surface area (Å²) in [6, 6.07) is 3.44. The molecule has 0 amide bonds. The number of halogens is 6. The van der Waals surface area contributed by atoms with Gasteiger partial charge < -0.3 is 18.9 Å². The van der Waals surface area contributed by atoms with E-state index in [1.54, 1.807) is 0 Å². The first-order valence-corrected chi connectivity index (χ1v) is 17.3. The van der Waals surface area contributed by atoms with E-state index in [2.05, 4.69) is 11.7 Å². The van der Waals surface area contributed by atoms with Crippen molar-refractivity contribution < 1.29 is 45.3 Å². The number of ether oxygens (including phenoxy) is 4. The van der Waals surface area contributed by atoms with Gasteiger partial charge in [-0.1, -0.05) is 32.3 Å². The minimum Gasteiger partial charge on any atom is -0.403 e. The first kappa shape index (κ1) is 34.8. The fourth-order valence-corrected chi connectivity index (χ4v) is 8.31. The molecular weight excluding hydrogens is 598 g/mol. The molecule has 0 unspecified atom stereocenters. The summed E-state index contributed by atoms with van der Waals surface area (Å²) in [6.07, 6.45) is 4.80. The molecule has 4 aliphatic rings. The zero-order valence-electron chi connectivity index (χ0n) is 26.5. The lowest BCUT2D eigenvalue weighted by molar-refractivity contribution is -0.301. The van der Waals surface area contributed by atoms with E-state index in [-0.39, 0.29) is 12.2 Å². The molecule has 0 N–H and O–H groups in total. The fourth-order valence-electron chi connectivity index (χ4n) is 8.31. The highest BCUT2D eigenvalue weighted by Gasteiger charge is 2.46. The predicted octanol–water partition coefficient (Wildman–Crippen LogP) is 10.5. The zero-order chi connectivity index (χ0) is 32.0. The third kappa shape index (κ3) is 9.75. The summed E-state index contributed by atoms with van der Waals surface area (Å²) in [5, 5.41) is 0. The lowest BCUT2D eigenvalue weighted by atomic mass is 9.69. The Morgan fingerprint density at radius 3 is 1.93 bits per heavy atom. The van der Waals surface area contributed by atoms with Gasteiger partial charge in [-0.25, -0.2) is 4.39 Å². The Kier molecular flexibility index (Phi) is 12.1. The average molecular weight is 649 g/mol. The molecule has 5 rings (SSSR count). The van der Waals surface area contributed by atoms with E-state index in [0.29, 0.717) is 67.8 Å². The molecule has 0 radical (unpaired) electrons. The number of benzene rings is 1. The molecule has 4 fully saturated rings. The van der Waals surface area contributed by atoms with Crippen LogP contribution in [0.25, 0.3) is 0 Å². The quantitative estimate of drug-likeness (QED) is 0.177. The van der Waals surface area contributed by atoms with Crippen LogP contribution in [-0.2, 0) is 14.2 Å². The van der Waals surface area contributed by atoms with Crippen molar-refractivity contribution in [1.29, 1.82) is 0 Å². The molecule has 1 aromatic carbocycles. The number of hydrogen-bond acceptors (Lipinski definition) is 4. The highest BCUT2D eigenvalue weighted by molar-refractivity contribution is 5.31.